The van der Waals surface area contributed by atoms with Gasteiger partial charge in [0.2, 0.25) is 0 Å². The molecule has 0 aromatic heterocycles. The Hall–Kier alpha value is -2.83. The number of rotatable bonds is 9. The summed E-state index contributed by atoms with van der Waals surface area (Å²) >= 11 is 0. The minimum Gasteiger partial charge on any atom is -0.481 e. The molecule has 3 N–H and O–H groups in total. The van der Waals surface area contributed by atoms with Gasteiger partial charge in [-0.1, -0.05) is 36.4 Å². The molecule has 2 atom stereocenters. The first-order valence-electron chi connectivity index (χ1n) is 6.97. The highest BCUT2D eigenvalue weighted by molar-refractivity contribution is 5.81. The summed E-state index contributed by atoms with van der Waals surface area (Å²) in [4.78, 5) is 33.9. The molecule has 0 spiro atoms. The van der Waals surface area contributed by atoms with Gasteiger partial charge in [-0.2, -0.15) is 0 Å². The highest BCUT2D eigenvalue weighted by Gasteiger charge is 2.28. The zero-order valence-electron chi connectivity index (χ0n) is 12.5. The third-order valence-electron chi connectivity index (χ3n) is 3.12. The Morgan fingerprint density at radius 2 is 1.83 bits per heavy atom. The molecule has 0 unspecified atom stereocenters. The molecule has 1 aromatic carbocycles. The molecular weight excluding hydrogens is 302 g/mol. The van der Waals surface area contributed by atoms with Gasteiger partial charge < -0.3 is 20.3 Å². The van der Waals surface area contributed by atoms with Crippen LogP contribution >= 0.6 is 0 Å². The van der Waals surface area contributed by atoms with E-state index in [-0.39, 0.29) is 19.4 Å². The summed E-state index contributed by atoms with van der Waals surface area (Å²) < 4.78 is 4.93. The summed E-state index contributed by atoms with van der Waals surface area (Å²) in [5, 5.41) is 20.3. The first kappa shape index (κ1) is 18.2. The number of benzene rings is 1. The monoisotopic (exact) mass is 321 g/mol. The number of aliphatic carboxylic acids is 2. The van der Waals surface area contributed by atoms with Gasteiger partial charge in [0.15, 0.2) is 0 Å². The first-order valence-corrected chi connectivity index (χ1v) is 6.97. The lowest BCUT2D eigenvalue weighted by atomic mass is 9.96. The van der Waals surface area contributed by atoms with Crippen molar-refractivity contribution >= 4 is 18.0 Å². The van der Waals surface area contributed by atoms with E-state index in [1.165, 1.54) is 6.08 Å². The quantitative estimate of drug-likeness (QED) is 0.600. The summed E-state index contributed by atoms with van der Waals surface area (Å²) in [7, 11) is 0. The van der Waals surface area contributed by atoms with Crippen LogP contribution in [0.5, 0.6) is 0 Å². The molecule has 0 saturated heterocycles. The molecule has 7 heteroatoms. The Kier molecular flexibility index (Phi) is 7.32. The second kappa shape index (κ2) is 9.24. The molecule has 0 heterocycles. The van der Waals surface area contributed by atoms with Crippen LogP contribution in [-0.2, 0) is 20.9 Å². The maximum absolute atomic E-state index is 11.7. The lowest BCUT2D eigenvalue weighted by molar-refractivity contribution is -0.144. The second-order valence-corrected chi connectivity index (χ2v) is 4.89. The van der Waals surface area contributed by atoms with Crippen LogP contribution in [0.2, 0.25) is 0 Å². The molecule has 7 nitrogen and oxygen atoms in total. The van der Waals surface area contributed by atoms with Crippen molar-refractivity contribution in [3.05, 3.63) is 48.6 Å². The van der Waals surface area contributed by atoms with Crippen LogP contribution in [-0.4, -0.2) is 34.3 Å². The topological polar surface area (TPSA) is 113 Å². The van der Waals surface area contributed by atoms with Crippen LogP contribution in [0.4, 0.5) is 4.79 Å². The Morgan fingerprint density at radius 3 is 2.35 bits per heavy atom. The maximum Gasteiger partial charge on any atom is 0.408 e. The fraction of sp³-hybridized carbons (Fsp3) is 0.312. The normalized spacial score (nSPS) is 12.7. The van der Waals surface area contributed by atoms with Crippen molar-refractivity contribution in [2.24, 2.45) is 5.92 Å². The average Bonchev–Trinajstić information content (AvgIpc) is 2.52. The van der Waals surface area contributed by atoms with Gasteiger partial charge in [0.05, 0.1) is 5.92 Å². The lowest BCUT2D eigenvalue weighted by Gasteiger charge is -2.18. The highest BCUT2D eigenvalue weighted by atomic mass is 16.5. The van der Waals surface area contributed by atoms with Crippen molar-refractivity contribution in [3.8, 4) is 0 Å². The van der Waals surface area contributed by atoms with Gasteiger partial charge in [-0.3, -0.25) is 4.79 Å². The first-order chi connectivity index (χ1) is 10.9. The van der Waals surface area contributed by atoms with Crippen LogP contribution in [0.3, 0.4) is 0 Å². The van der Waals surface area contributed by atoms with Crippen molar-refractivity contribution < 1.29 is 29.3 Å². The molecule has 1 aromatic rings. The number of carboxylic acid groups (broad SMARTS) is 2. The van der Waals surface area contributed by atoms with Crippen molar-refractivity contribution in [1.29, 1.82) is 0 Å². The molecule has 1 rings (SSSR count). The molecule has 0 aliphatic carbocycles. The lowest BCUT2D eigenvalue weighted by Crippen LogP contribution is -2.43. The fourth-order valence-electron chi connectivity index (χ4n) is 1.91. The molecule has 0 saturated carbocycles. The zero-order chi connectivity index (χ0) is 17.2. The number of hydrogen-bond acceptors (Lipinski definition) is 4. The van der Waals surface area contributed by atoms with Crippen LogP contribution in [0.25, 0.3) is 0 Å². The third kappa shape index (κ3) is 6.64. The van der Waals surface area contributed by atoms with Crippen LogP contribution in [0, 0.1) is 5.92 Å². The van der Waals surface area contributed by atoms with Crippen molar-refractivity contribution in [1.82, 2.24) is 5.32 Å². The summed E-state index contributed by atoms with van der Waals surface area (Å²) in [5.41, 5.74) is 0.754. The number of allylic oxidation sites excluding steroid dienone is 1. The van der Waals surface area contributed by atoms with E-state index >= 15 is 0 Å². The minimum absolute atomic E-state index is 0.00592. The zero-order valence-corrected chi connectivity index (χ0v) is 12.5. The predicted octanol–water partition coefficient (Wildman–Crippen LogP) is 2.03. The van der Waals surface area contributed by atoms with Gasteiger partial charge in [-0.05, 0) is 18.4 Å². The average molecular weight is 321 g/mol. The van der Waals surface area contributed by atoms with Gasteiger partial charge in [0.25, 0.3) is 0 Å². The SMILES string of the molecule is C=CC[C@H](C[C@@H](NC(=O)OCc1ccccc1)C(=O)O)C(=O)O. The summed E-state index contributed by atoms with van der Waals surface area (Å²) in [6.45, 7) is 3.43. The molecule has 0 bridgehead atoms. The third-order valence-corrected chi connectivity index (χ3v) is 3.12. The van der Waals surface area contributed by atoms with E-state index in [1.807, 2.05) is 6.07 Å². The van der Waals surface area contributed by atoms with Crippen molar-refractivity contribution in [2.75, 3.05) is 0 Å². The van der Waals surface area contributed by atoms with E-state index in [1.54, 1.807) is 24.3 Å². The molecule has 0 aliphatic heterocycles. The summed E-state index contributed by atoms with van der Waals surface area (Å²) in [5.74, 6) is -3.41. The van der Waals surface area contributed by atoms with E-state index in [2.05, 4.69) is 11.9 Å². The number of nitrogens with one attached hydrogen (secondary N) is 1. The molecule has 124 valence electrons. The van der Waals surface area contributed by atoms with Crippen LogP contribution in [0.1, 0.15) is 18.4 Å². The second-order valence-electron chi connectivity index (χ2n) is 4.89. The number of alkyl carbamates (subject to hydrolysis) is 1. The molecular formula is C16H19NO6. The molecule has 23 heavy (non-hydrogen) atoms. The largest absolute Gasteiger partial charge is 0.481 e. The van der Waals surface area contributed by atoms with E-state index in [9.17, 15) is 14.4 Å². The Bertz CT molecular complexity index is 557. The van der Waals surface area contributed by atoms with Crippen molar-refractivity contribution in [2.45, 2.75) is 25.5 Å². The Balaban J connectivity index is 2.57. The van der Waals surface area contributed by atoms with Crippen molar-refractivity contribution in [3.63, 3.8) is 0 Å². The molecule has 1 amide bonds. The number of hydrogen-bond donors (Lipinski definition) is 3. The van der Waals surface area contributed by atoms with E-state index in [0.717, 1.165) is 5.56 Å². The Morgan fingerprint density at radius 1 is 1.17 bits per heavy atom. The highest BCUT2D eigenvalue weighted by Crippen LogP contribution is 2.13. The number of carboxylic acids is 2. The smallest absolute Gasteiger partial charge is 0.408 e. The summed E-state index contributed by atoms with van der Waals surface area (Å²) in [6, 6.07) is 7.54. The fourth-order valence-corrected chi connectivity index (χ4v) is 1.91. The molecule has 0 radical (unpaired) electrons. The minimum atomic E-state index is -1.35. The maximum atomic E-state index is 11.7. The number of carbonyl (C=O) groups is 3. The molecule has 0 fully saturated rings. The van der Waals surface area contributed by atoms with Gasteiger partial charge in [-0.15, -0.1) is 6.58 Å². The number of ether oxygens (including phenoxy) is 1. The van der Waals surface area contributed by atoms with Gasteiger partial charge in [0.1, 0.15) is 12.6 Å². The van der Waals surface area contributed by atoms with E-state index < -0.39 is 30.0 Å². The Labute approximate surface area is 133 Å². The number of carbonyl (C=O) groups excluding carboxylic acids is 1. The molecule has 0 aliphatic rings. The van der Waals surface area contributed by atoms with E-state index in [0.29, 0.717) is 0 Å². The van der Waals surface area contributed by atoms with Crippen LogP contribution in [0.15, 0.2) is 43.0 Å². The predicted molar refractivity (Wildman–Crippen MR) is 81.7 cm³/mol. The van der Waals surface area contributed by atoms with Crippen LogP contribution < -0.4 is 5.32 Å². The van der Waals surface area contributed by atoms with Gasteiger partial charge in [-0.25, -0.2) is 9.59 Å². The standard InChI is InChI=1S/C16H19NO6/c1-2-6-12(14(18)19)9-13(15(20)21)17-16(22)23-10-11-7-4-3-5-8-11/h2-5,7-8,12-13H,1,6,9-10H2,(H,17,22)(H,18,19)(H,20,21)/t12-,13-/m1/s1. The summed E-state index contributed by atoms with van der Waals surface area (Å²) in [6.07, 6.45) is 0.339. The van der Waals surface area contributed by atoms with Gasteiger partial charge >= 0.3 is 18.0 Å². The van der Waals surface area contributed by atoms with E-state index in [4.69, 9.17) is 14.9 Å². The van der Waals surface area contributed by atoms with Gasteiger partial charge in [0, 0.05) is 0 Å². The number of amides is 1.